The molecule has 0 spiro atoms. The Balaban J connectivity index is 1.27. The third-order valence-electron chi connectivity index (χ3n) is 5.39. The van der Waals surface area contributed by atoms with E-state index >= 15 is 0 Å². The number of hydrogen-bond acceptors (Lipinski definition) is 3. The Morgan fingerprint density at radius 2 is 1.75 bits per heavy atom. The third kappa shape index (κ3) is 5.32. The lowest BCUT2D eigenvalue weighted by atomic mass is 10.0. The topological polar surface area (TPSA) is 35.6 Å². The van der Waals surface area contributed by atoms with E-state index in [1.165, 1.54) is 44.3 Å². The summed E-state index contributed by atoms with van der Waals surface area (Å²) in [6.45, 7) is 6.05. The molecular formula is C20H31N3O. The van der Waals surface area contributed by atoms with Crippen LogP contribution in [0.5, 0.6) is 0 Å². The predicted molar refractivity (Wildman–Crippen MR) is 98.0 cm³/mol. The zero-order valence-corrected chi connectivity index (χ0v) is 14.8. The average Bonchev–Trinajstić information content (AvgIpc) is 3.15. The fraction of sp³-hybridized carbons (Fsp3) is 0.650. The standard InChI is InChI=1S/C20H31N3O/c24-20(21-12-6-9-18-7-2-1-3-8-18)17-22-15-10-19(11-16-22)23-13-4-5-14-23/h1-3,7-8,19H,4-6,9-17H2,(H,21,24). The number of nitrogens with zero attached hydrogens (tertiary/aromatic N) is 2. The molecular weight excluding hydrogens is 298 g/mol. The van der Waals surface area contributed by atoms with Gasteiger partial charge in [-0.15, -0.1) is 0 Å². The number of likely N-dealkylation sites (tertiary alicyclic amines) is 2. The molecule has 2 aliphatic heterocycles. The number of benzene rings is 1. The number of amides is 1. The molecule has 2 aliphatic rings. The van der Waals surface area contributed by atoms with Crippen molar-refractivity contribution in [1.29, 1.82) is 0 Å². The van der Waals surface area contributed by atoms with E-state index < -0.39 is 0 Å². The van der Waals surface area contributed by atoms with Crippen molar-refractivity contribution >= 4 is 5.91 Å². The van der Waals surface area contributed by atoms with Crippen LogP contribution in [0.3, 0.4) is 0 Å². The van der Waals surface area contributed by atoms with Gasteiger partial charge in [-0.3, -0.25) is 9.69 Å². The molecule has 3 rings (SSSR count). The Kier molecular flexibility index (Phi) is 6.67. The summed E-state index contributed by atoms with van der Waals surface area (Å²) < 4.78 is 0. The number of carbonyl (C=O) groups is 1. The Bertz CT molecular complexity index is 491. The largest absolute Gasteiger partial charge is 0.355 e. The van der Waals surface area contributed by atoms with Crippen molar-refractivity contribution in [2.45, 2.75) is 44.6 Å². The van der Waals surface area contributed by atoms with Gasteiger partial charge < -0.3 is 10.2 Å². The van der Waals surface area contributed by atoms with Gasteiger partial charge in [0.15, 0.2) is 0 Å². The molecule has 1 aromatic carbocycles. The Morgan fingerprint density at radius 1 is 1.04 bits per heavy atom. The number of rotatable bonds is 7. The molecule has 0 aromatic heterocycles. The first kappa shape index (κ1) is 17.4. The Morgan fingerprint density at radius 3 is 2.46 bits per heavy atom. The van der Waals surface area contributed by atoms with Gasteiger partial charge in [0, 0.05) is 25.7 Å². The van der Waals surface area contributed by atoms with E-state index in [0.29, 0.717) is 6.54 Å². The smallest absolute Gasteiger partial charge is 0.234 e. The summed E-state index contributed by atoms with van der Waals surface area (Å²) in [5, 5.41) is 3.08. The van der Waals surface area contributed by atoms with Crippen molar-refractivity contribution in [2.75, 3.05) is 39.3 Å². The minimum atomic E-state index is 0.183. The van der Waals surface area contributed by atoms with Crippen molar-refractivity contribution in [3.05, 3.63) is 35.9 Å². The zero-order chi connectivity index (χ0) is 16.6. The summed E-state index contributed by atoms with van der Waals surface area (Å²) in [6, 6.07) is 11.2. The first-order valence-electron chi connectivity index (χ1n) is 9.58. The zero-order valence-electron chi connectivity index (χ0n) is 14.8. The van der Waals surface area contributed by atoms with E-state index in [-0.39, 0.29) is 5.91 Å². The normalized spacial score (nSPS) is 20.3. The second-order valence-electron chi connectivity index (χ2n) is 7.19. The molecule has 4 heteroatoms. The van der Waals surface area contributed by atoms with Crippen LogP contribution in [0.2, 0.25) is 0 Å². The van der Waals surface area contributed by atoms with Crippen LogP contribution in [0.25, 0.3) is 0 Å². The molecule has 2 fully saturated rings. The second-order valence-corrected chi connectivity index (χ2v) is 7.19. The molecule has 0 aliphatic carbocycles. The van der Waals surface area contributed by atoms with Gasteiger partial charge in [-0.05, 0) is 57.2 Å². The summed E-state index contributed by atoms with van der Waals surface area (Å²) >= 11 is 0. The van der Waals surface area contributed by atoms with Gasteiger partial charge in [0.2, 0.25) is 5.91 Å². The third-order valence-corrected chi connectivity index (χ3v) is 5.39. The maximum absolute atomic E-state index is 12.1. The summed E-state index contributed by atoms with van der Waals surface area (Å²) in [5.41, 5.74) is 1.34. The van der Waals surface area contributed by atoms with Gasteiger partial charge in [-0.25, -0.2) is 0 Å². The van der Waals surface area contributed by atoms with Crippen LogP contribution in [-0.4, -0.2) is 61.0 Å². The highest BCUT2D eigenvalue weighted by atomic mass is 16.2. The molecule has 0 saturated carbocycles. The van der Waals surface area contributed by atoms with Crippen LogP contribution in [0.1, 0.15) is 37.7 Å². The van der Waals surface area contributed by atoms with Gasteiger partial charge in [-0.2, -0.15) is 0 Å². The van der Waals surface area contributed by atoms with Gasteiger partial charge in [0.25, 0.3) is 0 Å². The van der Waals surface area contributed by atoms with E-state index in [0.717, 1.165) is 38.5 Å². The van der Waals surface area contributed by atoms with Crippen LogP contribution in [0.4, 0.5) is 0 Å². The summed E-state index contributed by atoms with van der Waals surface area (Å²) in [4.78, 5) is 17.1. The van der Waals surface area contributed by atoms with Crippen LogP contribution in [0, 0.1) is 0 Å². The maximum Gasteiger partial charge on any atom is 0.234 e. The molecule has 1 aromatic rings. The quantitative estimate of drug-likeness (QED) is 0.780. The first-order valence-corrected chi connectivity index (χ1v) is 9.58. The van der Waals surface area contributed by atoms with Crippen molar-refractivity contribution in [3.8, 4) is 0 Å². The van der Waals surface area contributed by atoms with Gasteiger partial charge in [-0.1, -0.05) is 30.3 Å². The van der Waals surface area contributed by atoms with E-state index in [1.807, 2.05) is 6.07 Å². The lowest BCUT2D eigenvalue weighted by molar-refractivity contribution is -0.122. The first-order chi connectivity index (χ1) is 11.8. The minimum absolute atomic E-state index is 0.183. The molecule has 0 radical (unpaired) electrons. The van der Waals surface area contributed by atoms with Crippen molar-refractivity contribution in [1.82, 2.24) is 15.1 Å². The van der Waals surface area contributed by atoms with Crippen LogP contribution in [0.15, 0.2) is 30.3 Å². The van der Waals surface area contributed by atoms with Crippen LogP contribution in [-0.2, 0) is 11.2 Å². The minimum Gasteiger partial charge on any atom is -0.355 e. The van der Waals surface area contributed by atoms with E-state index in [4.69, 9.17) is 0 Å². The lowest BCUT2D eigenvalue weighted by Gasteiger charge is -2.36. The monoisotopic (exact) mass is 329 g/mol. The van der Waals surface area contributed by atoms with Crippen LogP contribution >= 0.6 is 0 Å². The Labute approximate surface area is 146 Å². The number of nitrogens with one attached hydrogen (secondary N) is 1. The molecule has 2 heterocycles. The Hall–Kier alpha value is -1.39. The highest BCUT2D eigenvalue weighted by Crippen LogP contribution is 2.20. The van der Waals surface area contributed by atoms with Gasteiger partial charge in [0.1, 0.15) is 0 Å². The molecule has 0 bridgehead atoms. The van der Waals surface area contributed by atoms with E-state index in [1.54, 1.807) is 0 Å². The highest BCUT2D eigenvalue weighted by molar-refractivity contribution is 5.77. The fourth-order valence-corrected chi connectivity index (χ4v) is 3.97. The lowest BCUT2D eigenvalue weighted by Crippen LogP contribution is -2.46. The average molecular weight is 329 g/mol. The number of hydrogen-bond donors (Lipinski definition) is 1. The molecule has 132 valence electrons. The second kappa shape index (κ2) is 9.19. The molecule has 4 nitrogen and oxygen atoms in total. The number of aryl methyl sites for hydroxylation is 1. The maximum atomic E-state index is 12.1. The predicted octanol–water partition coefficient (Wildman–Crippen LogP) is 2.30. The summed E-state index contributed by atoms with van der Waals surface area (Å²) in [6.07, 6.45) is 7.22. The van der Waals surface area contributed by atoms with Crippen molar-refractivity contribution < 1.29 is 4.79 Å². The van der Waals surface area contributed by atoms with E-state index in [9.17, 15) is 4.79 Å². The van der Waals surface area contributed by atoms with Gasteiger partial charge in [0.05, 0.1) is 6.54 Å². The molecule has 24 heavy (non-hydrogen) atoms. The van der Waals surface area contributed by atoms with Crippen molar-refractivity contribution in [2.24, 2.45) is 0 Å². The molecule has 0 unspecified atom stereocenters. The highest BCUT2D eigenvalue weighted by Gasteiger charge is 2.26. The van der Waals surface area contributed by atoms with E-state index in [2.05, 4.69) is 39.4 Å². The van der Waals surface area contributed by atoms with Gasteiger partial charge >= 0.3 is 0 Å². The number of carbonyl (C=O) groups excluding carboxylic acids is 1. The molecule has 1 N–H and O–H groups in total. The molecule has 1 amide bonds. The SMILES string of the molecule is O=C(CN1CCC(N2CCCC2)CC1)NCCCc1ccccc1. The molecule has 0 atom stereocenters. The summed E-state index contributed by atoms with van der Waals surface area (Å²) in [7, 11) is 0. The number of piperidine rings is 1. The fourth-order valence-electron chi connectivity index (χ4n) is 3.97. The van der Waals surface area contributed by atoms with Crippen molar-refractivity contribution in [3.63, 3.8) is 0 Å². The summed E-state index contributed by atoms with van der Waals surface area (Å²) in [5.74, 6) is 0.183. The molecule has 2 saturated heterocycles. The van der Waals surface area contributed by atoms with Crippen LogP contribution < -0.4 is 5.32 Å².